The zero-order valence-electron chi connectivity index (χ0n) is 9.38. The molecular formula is C9H10N2O7S. The first-order chi connectivity index (χ1) is 8.74. The van der Waals surface area contributed by atoms with Crippen LogP contribution in [-0.4, -0.2) is 42.2 Å². The molecule has 0 saturated heterocycles. The summed E-state index contributed by atoms with van der Waals surface area (Å²) < 4.78 is 25.2. The van der Waals surface area contributed by atoms with E-state index in [0.717, 1.165) is 24.3 Å². The predicted octanol–water partition coefficient (Wildman–Crippen LogP) is -0.681. The molecule has 0 aliphatic heterocycles. The third-order valence-corrected chi connectivity index (χ3v) is 3.55. The molecule has 1 atom stereocenters. The van der Waals surface area contributed by atoms with Crippen LogP contribution in [0.15, 0.2) is 29.2 Å². The number of carbonyl (C=O) groups is 1. The molecule has 1 aromatic carbocycles. The number of hydrogen-bond donors (Lipinski definition) is 3. The molecule has 0 fully saturated rings. The van der Waals surface area contributed by atoms with Gasteiger partial charge in [-0.3, -0.25) is 10.1 Å². The Balaban J connectivity index is 2.83. The summed E-state index contributed by atoms with van der Waals surface area (Å²) >= 11 is 0. The summed E-state index contributed by atoms with van der Waals surface area (Å²) in [4.78, 5) is 19.8. The molecule has 9 nitrogen and oxygen atoms in total. The van der Waals surface area contributed by atoms with Crippen LogP contribution in [0.4, 0.5) is 5.69 Å². The first kappa shape index (κ1) is 15.0. The van der Waals surface area contributed by atoms with E-state index in [2.05, 4.69) is 0 Å². The van der Waals surface area contributed by atoms with Gasteiger partial charge in [-0.1, -0.05) is 0 Å². The predicted molar refractivity (Wildman–Crippen MR) is 61.9 cm³/mol. The van der Waals surface area contributed by atoms with Crippen molar-refractivity contribution in [3.63, 3.8) is 0 Å². The number of sulfonamides is 1. The van der Waals surface area contributed by atoms with Crippen LogP contribution in [0.5, 0.6) is 0 Å². The van der Waals surface area contributed by atoms with Crippen molar-refractivity contribution in [3.05, 3.63) is 34.4 Å². The summed E-state index contributed by atoms with van der Waals surface area (Å²) in [5.41, 5.74) is -0.274. The fourth-order valence-electron chi connectivity index (χ4n) is 1.11. The van der Waals surface area contributed by atoms with Gasteiger partial charge < -0.3 is 10.2 Å². The van der Waals surface area contributed by atoms with Crippen LogP contribution < -0.4 is 4.72 Å². The van der Waals surface area contributed by atoms with Gasteiger partial charge in [-0.2, -0.15) is 0 Å². The van der Waals surface area contributed by atoms with E-state index in [9.17, 15) is 23.3 Å². The highest BCUT2D eigenvalue weighted by Gasteiger charge is 2.20. The average molecular weight is 290 g/mol. The van der Waals surface area contributed by atoms with Crippen LogP contribution >= 0.6 is 0 Å². The van der Waals surface area contributed by atoms with Crippen molar-refractivity contribution in [1.82, 2.24) is 4.72 Å². The number of carboxylic acid groups (broad SMARTS) is 1. The SMILES string of the molecule is O=C(O)C(O)CNS(=O)(=O)c1ccc([N+](=O)[O-])cc1. The molecule has 0 aliphatic rings. The lowest BCUT2D eigenvalue weighted by molar-refractivity contribution is -0.384. The Hall–Kier alpha value is -2.04. The van der Waals surface area contributed by atoms with E-state index in [1.807, 2.05) is 4.72 Å². The maximum Gasteiger partial charge on any atom is 0.333 e. The van der Waals surface area contributed by atoms with E-state index in [1.54, 1.807) is 0 Å². The van der Waals surface area contributed by atoms with Gasteiger partial charge in [0.15, 0.2) is 6.10 Å². The zero-order chi connectivity index (χ0) is 14.6. The Morgan fingerprint density at radius 3 is 2.32 bits per heavy atom. The topological polar surface area (TPSA) is 147 Å². The molecule has 0 bridgehead atoms. The summed E-state index contributed by atoms with van der Waals surface area (Å²) in [5.74, 6) is -1.56. The number of carboxylic acids is 1. The van der Waals surface area contributed by atoms with E-state index in [-0.39, 0.29) is 10.6 Å². The Bertz CT molecular complexity index is 581. The van der Waals surface area contributed by atoms with Crippen molar-refractivity contribution < 1.29 is 28.3 Å². The minimum Gasteiger partial charge on any atom is -0.479 e. The number of rotatable bonds is 6. The van der Waals surface area contributed by atoms with Crippen molar-refractivity contribution in [1.29, 1.82) is 0 Å². The molecule has 0 aliphatic carbocycles. The number of nitro groups is 1. The number of hydrogen-bond acceptors (Lipinski definition) is 6. The molecule has 10 heteroatoms. The highest BCUT2D eigenvalue weighted by molar-refractivity contribution is 7.89. The van der Waals surface area contributed by atoms with Gasteiger partial charge in [0.1, 0.15) is 0 Å². The normalized spacial score (nSPS) is 12.9. The molecule has 0 saturated carbocycles. The van der Waals surface area contributed by atoms with Crippen LogP contribution in [-0.2, 0) is 14.8 Å². The number of aliphatic hydroxyl groups excluding tert-OH is 1. The van der Waals surface area contributed by atoms with Crippen molar-refractivity contribution >= 4 is 21.7 Å². The van der Waals surface area contributed by atoms with Gasteiger partial charge in [-0.15, -0.1) is 0 Å². The molecule has 0 radical (unpaired) electrons. The third-order valence-electron chi connectivity index (χ3n) is 2.11. The highest BCUT2D eigenvalue weighted by atomic mass is 32.2. The lowest BCUT2D eigenvalue weighted by atomic mass is 10.3. The fourth-order valence-corrected chi connectivity index (χ4v) is 2.14. The minimum absolute atomic E-state index is 0.268. The summed E-state index contributed by atoms with van der Waals surface area (Å²) in [6.07, 6.45) is -1.87. The molecule has 0 spiro atoms. The van der Waals surface area contributed by atoms with Gasteiger partial charge in [0, 0.05) is 18.7 Å². The standard InChI is InChI=1S/C9H10N2O7S/c12-8(9(13)14)5-10-19(17,18)7-3-1-6(2-4-7)11(15)16/h1-4,8,10,12H,5H2,(H,13,14). The van der Waals surface area contributed by atoms with Crippen molar-refractivity contribution in [2.75, 3.05) is 6.54 Å². The largest absolute Gasteiger partial charge is 0.479 e. The molecule has 1 rings (SSSR count). The molecule has 3 N–H and O–H groups in total. The number of nitrogens with one attached hydrogen (secondary N) is 1. The lowest BCUT2D eigenvalue weighted by Gasteiger charge is -2.08. The fraction of sp³-hybridized carbons (Fsp3) is 0.222. The lowest BCUT2D eigenvalue weighted by Crippen LogP contribution is -2.36. The van der Waals surface area contributed by atoms with E-state index < -0.39 is 33.6 Å². The minimum atomic E-state index is -4.03. The first-order valence-corrected chi connectivity index (χ1v) is 6.37. The van der Waals surface area contributed by atoms with Crippen molar-refractivity contribution in [3.8, 4) is 0 Å². The average Bonchev–Trinajstić information content (AvgIpc) is 2.36. The molecule has 0 aromatic heterocycles. The number of aliphatic carboxylic acids is 1. The van der Waals surface area contributed by atoms with Gasteiger partial charge >= 0.3 is 5.97 Å². The molecular weight excluding hydrogens is 280 g/mol. The number of non-ortho nitro benzene ring substituents is 1. The van der Waals surface area contributed by atoms with Gasteiger partial charge in [0.05, 0.1) is 9.82 Å². The van der Waals surface area contributed by atoms with E-state index in [1.165, 1.54) is 0 Å². The van der Waals surface area contributed by atoms with Gasteiger partial charge in [0.2, 0.25) is 10.0 Å². The van der Waals surface area contributed by atoms with Crippen LogP contribution in [0.2, 0.25) is 0 Å². The maximum absolute atomic E-state index is 11.7. The Labute approximate surface area is 107 Å². The molecule has 19 heavy (non-hydrogen) atoms. The summed E-state index contributed by atoms with van der Waals surface area (Å²) in [6, 6.07) is 4.02. The Morgan fingerprint density at radius 2 is 1.89 bits per heavy atom. The van der Waals surface area contributed by atoms with Gasteiger partial charge in [0.25, 0.3) is 5.69 Å². The Kier molecular flexibility index (Phi) is 4.53. The smallest absolute Gasteiger partial charge is 0.333 e. The second kappa shape index (κ2) is 5.73. The molecule has 0 heterocycles. The molecule has 104 valence electrons. The monoisotopic (exact) mass is 290 g/mol. The molecule has 0 amide bonds. The third kappa shape index (κ3) is 3.98. The second-order valence-electron chi connectivity index (χ2n) is 3.46. The van der Waals surface area contributed by atoms with Crippen molar-refractivity contribution in [2.24, 2.45) is 0 Å². The van der Waals surface area contributed by atoms with Gasteiger partial charge in [-0.05, 0) is 12.1 Å². The zero-order valence-corrected chi connectivity index (χ0v) is 10.2. The summed E-state index contributed by atoms with van der Waals surface area (Å²) in [5, 5.41) is 27.7. The van der Waals surface area contributed by atoms with Crippen LogP contribution in [0.3, 0.4) is 0 Å². The summed E-state index contributed by atoms with van der Waals surface area (Å²) in [6.45, 7) is -0.700. The first-order valence-electron chi connectivity index (χ1n) is 4.89. The highest BCUT2D eigenvalue weighted by Crippen LogP contribution is 2.15. The number of benzene rings is 1. The van der Waals surface area contributed by atoms with E-state index in [0.29, 0.717) is 0 Å². The van der Waals surface area contributed by atoms with Crippen LogP contribution in [0.1, 0.15) is 0 Å². The van der Waals surface area contributed by atoms with Crippen molar-refractivity contribution in [2.45, 2.75) is 11.0 Å². The Morgan fingerprint density at radius 1 is 1.37 bits per heavy atom. The van der Waals surface area contributed by atoms with Crippen LogP contribution in [0, 0.1) is 10.1 Å². The molecule has 1 aromatic rings. The number of aliphatic hydroxyl groups is 1. The molecule has 1 unspecified atom stereocenters. The second-order valence-corrected chi connectivity index (χ2v) is 5.22. The number of nitrogens with zero attached hydrogens (tertiary/aromatic N) is 1. The van der Waals surface area contributed by atoms with Crippen LogP contribution in [0.25, 0.3) is 0 Å². The quantitative estimate of drug-likeness (QED) is 0.464. The van der Waals surface area contributed by atoms with Gasteiger partial charge in [-0.25, -0.2) is 17.9 Å². The van der Waals surface area contributed by atoms with E-state index in [4.69, 9.17) is 10.2 Å². The maximum atomic E-state index is 11.7. The summed E-state index contributed by atoms with van der Waals surface area (Å²) in [7, 11) is -4.03. The number of nitro benzene ring substituents is 1. The van der Waals surface area contributed by atoms with E-state index >= 15 is 0 Å².